The van der Waals surface area contributed by atoms with Gasteiger partial charge in [-0.2, -0.15) is 0 Å². The highest BCUT2D eigenvalue weighted by atomic mass is 16.2. The van der Waals surface area contributed by atoms with E-state index in [9.17, 15) is 9.59 Å². The van der Waals surface area contributed by atoms with Crippen LogP contribution in [-0.2, 0) is 9.59 Å². The lowest BCUT2D eigenvalue weighted by Gasteiger charge is -2.20. The Labute approximate surface area is 90.8 Å². The van der Waals surface area contributed by atoms with E-state index in [2.05, 4.69) is 0 Å². The third kappa shape index (κ3) is 2.21. The number of ketones is 1. The highest BCUT2D eigenvalue weighted by Crippen LogP contribution is 2.28. The van der Waals surface area contributed by atoms with Crippen LogP contribution in [0.4, 0.5) is 0 Å². The number of likely N-dealkylation sites (tertiary alicyclic amines) is 1. The molecule has 0 aromatic carbocycles. The zero-order valence-corrected chi connectivity index (χ0v) is 9.37. The fourth-order valence-electron chi connectivity index (χ4n) is 2.72. The predicted molar refractivity (Wildman–Crippen MR) is 57.3 cm³/mol. The second kappa shape index (κ2) is 4.33. The molecule has 3 heteroatoms. The zero-order valence-electron chi connectivity index (χ0n) is 9.37. The van der Waals surface area contributed by atoms with Gasteiger partial charge in [-0.05, 0) is 26.2 Å². The second-order valence-corrected chi connectivity index (χ2v) is 4.86. The average molecular weight is 209 g/mol. The Morgan fingerprint density at radius 3 is 2.27 bits per heavy atom. The van der Waals surface area contributed by atoms with Gasteiger partial charge in [0.05, 0.1) is 0 Å². The van der Waals surface area contributed by atoms with Crippen LogP contribution in [0.3, 0.4) is 0 Å². The van der Waals surface area contributed by atoms with E-state index in [1.807, 2.05) is 4.90 Å². The summed E-state index contributed by atoms with van der Waals surface area (Å²) in [6.45, 7) is 3.10. The van der Waals surface area contributed by atoms with Crippen LogP contribution in [0.2, 0.25) is 0 Å². The lowest BCUT2D eigenvalue weighted by molar-refractivity contribution is -0.134. The van der Waals surface area contributed by atoms with Crippen molar-refractivity contribution in [3.05, 3.63) is 0 Å². The first-order valence-corrected chi connectivity index (χ1v) is 5.97. The molecule has 1 amide bonds. The molecule has 15 heavy (non-hydrogen) atoms. The van der Waals surface area contributed by atoms with Gasteiger partial charge in [-0.1, -0.05) is 12.8 Å². The Kier molecular flexibility index (Phi) is 3.08. The minimum absolute atomic E-state index is 0.107. The third-order valence-corrected chi connectivity index (χ3v) is 3.78. The standard InChI is InChI=1S/C12H19NO2/c1-9(14)11-6-7-13(8-11)12(15)10-4-2-3-5-10/h10-11H,2-8H2,1H3. The van der Waals surface area contributed by atoms with Crippen molar-refractivity contribution in [2.75, 3.05) is 13.1 Å². The molecule has 1 aliphatic heterocycles. The number of hydrogen-bond donors (Lipinski definition) is 0. The smallest absolute Gasteiger partial charge is 0.225 e. The molecule has 3 nitrogen and oxygen atoms in total. The molecule has 1 heterocycles. The van der Waals surface area contributed by atoms with Gasteiger partial charge in [0.2, 0.25) is 5.91 Å². The van der Waals surface area contributed by atoms with E-state index >= 15 is 0 Å². The first kappa shape index (κ1) is 10.7. The van der Waals surface area contributed by atoms with Crippen molar-refractivity contribution in [3.8, 4) is 0 Å². The third-order valence-electron chi connectivity index (χ3n) is 3.78. The first-order valence-electron chi connectivity index (χ1n) is 5.97. The first-order chi connectivity index (χ1) is 7.18. The molecule has 1 aliphatic carbocycles. The van der Waals surface area contributed by atoms with Crippen LogP contribution in [0, 0.1) is 11.8 Å². The van der Waals surface area contributed by atoms with Gasteiger partial charge >= 0.3 is 0 Å². The Morgan fingerprint density at radius 1 is 1.07 bits per heavy atom. The van der Waals surface area contributed by atoms with Crippen molar-refractivity contribution in [1.29, 1.82) is 0 Å². The Bertz CT molecular complexity index is 269. The topological polar surface area (TPSA) is 37.4 Å². The SMILES string of the molecule is CC(=O)C1CCN(C(=O)C2CCCC2)C1. The molecule has 1 unspecified atom stereocenters. The molecule has 84 valence electrons. The van der Waals surface area contributed by atoms with Gasteiger partial charge in [0, 0.05) is 24.9 Å². The minimum Gasteiger partial charge on any atom is -0.342 e. The highest BCUT2D eigenvalue weighted by molar-refractivity contribution is 5.83. The molecular formula is C12H19NO2. The normalized spacial score (nSPS) is 27.3. The molecule has 0 radical (unpaired) electrons. The van der Waals surface area contributed by atoms with Crippen molar-refractivity contribution in [3.63, 3.8) is 0 Å². The van der Waals surface area contributed by atoms with E-state index in [1.165, 1.54) is 12.8 Å². The Morgan fingerprint density at radius 2 is 1.73 bits per heavy atom. The molecule has 2 aliphatic rings. The maximum atomic E-state index is 12.0. The molecule has 1 saturated heterocycles. The average Bonchev–Trinajstić information content (AvgIpc) is 2.88. The van der Waals surface area contributed by atoms with Crippen molar-refractivity contribution in [2.45, 2.75) is 39.0 Å². The second-order valence-electron chi connectivity index (χ2n) is 4.86. The molecule has 0 spiro atoms. The summed E-state index contributed by atoms with van der Waals surface area (Å²) in [6.07, 6.45) is 5.37. The van der Waals surface area contributed by atoms with Crippen LogP contribution in [-0.4, -0.2) is 29.7 Å². The predicted octanol–water partition coefficient (Wildman–Crippen LogP) is 1.61. The van der Waals surface area contributed by atoms with Crippen LogP contribution in [0.15, 0.2) is 0 Å². The molecule has 1 atom stereocenters. The summed E-state index contributed by atoms with van der Waals surface area (Å²) >= 11 is 0. The van der Waals surface area contributed by atoms with Gasteiger partial charge in [0.1, 0.15) is 5.78 Å². The van der Waals surface area contributed by atoms with E-state index in [0.717, 1.165) is 25.8 Å². The fourth-order valence-corrected chi connectivity index (χ4v) is 2.72. The lowest BCUT2D eigenvalue weighted by atomic mass is 10.1. The quantitative estimate of drug-likeness (QED) is 0.693. The number of carbonyl (C=O) groups excluding carboxylic acids is 2. The molecule has 0 bridgehead atoms. The number of hydrogen-bond acceptors (Lipinski definition) is 2. The summed E-state index contributed by atoms with van der Waals surface area (Å²) in [5.41, 5.74) is 0. The molecular weight excluding hydrogens is 190 g/mol. The summed E-state index contributed by atoms with van der Waals surface area (Å²) in [7, 11) is 0. The van der Waals surface area contributed by atoms with Crippen molar-refractivity contribution in [1.82, 2.24) is 4.90 Å². The summed E-state index contributed by atoms with van der Waals surface area (Å²) in [4.78, 5) is 25.1. The fraction of sp³-hybridized carbons (Fsp3) is 0.833. The van der Waals surface area contributed by atoms with Crippen molar-refractivity contribution < 1.29 is 9.59 Å². The van der Waals surface area contributed by atoms with E-state index in [0.29, 0.717) is 12.5 Å². The number of Topliss-reactive ketones (excluding diaryl/α,β-unsaturated/α-hetero) is 1. The monoisotopic (exact) mass is 209 g/mol. The minimum atomic E-state index is 0.107. The van der Waals surface area contributed by atoms with Crippen molar-refractivity contribution >= 4 is 11.7 Å². The van der Waals surface area contributed by atoms with E-state index in [4.69, 9.17) is 0 Å². The summed E-state index contributed by atoms with van der Waals surface area (Å²) < 4.78 is 0. The zero-order chi connectivity index (χ0) is 10.8. The number of amides is 1. The Hall–Kier alpha value is -0.860. The van der Waals surface area contributed by atoms with Crippen LogP contribution in [0.1, 0.15) is 39.0 Å². The summed E-state index contributed by atoms with van der Waals surface area (Å²) in [5.74, 6) is 0.902. The van der Waals surface area contributed by atoms with Gasteiger partial charge in [0.25, 0.3) is 0 Å². The lowest BCUT2D eigenvalue weighted by Crippen LogP contribution is -2.34. The van der Waals surface area contributed by atoms with E-state index in [-0.39, 0.29) is 17.6 Å². The Balaban J connectivity index is 1.89. The summed E-state index contributed by atoms with van der Waals surface area (Å²) in [6, 6.07) is 0. The van der Waals surface area contributed by atoms with Crippen LogP contribution >= 0.6 is 0 Å². The van der Waals surface area contributed by atoms with Crippen LogP contribution < -0.4 is 0 Å². The van der Waals surface area contributed by atoms with Gasteiger partial charge in [-0.3, -0.25) is 9.59 Å². The van der Waals surface area contributed by atoms with Gasteiger partial charge < -0.3 is 4.90 Å². The summed E-state index contributed by atoms with van der Waals surface area (Å²) in [5, 5.41) is 0. The maximum absolute atomic E-state index is 12.0. The number of rotatable bonds is 2. The highest BCUT2D eigenvalue weighted by Gasteiger charge is 2.33. The largest absolute Gasteiger partial charge is 0.342 e. The molecule has 0 aromatic heterocycles. The molecule has 0 N–H and O–H groups in total. The van der Waals surface area contributed by atoms with E-state index in [1.54, 1.807) is 6.92 Å². The van der Waals surface area contributed by atoms with Crippen LogP contribution in [0.25, 0.3) is 0 Å². The van der Waals surface area contributed by atoms with Gasteiger partial charge in [0.15, 0.2) is 0 Å². The van der Waals surface area contributed by atoms with Gasteiger partial charge in [-0.25, -0.2) is 0 Å². The van der Waals surface area contributed by atoms with E-state index < -0.39 is 0 Å². The van der Waals surface area contributed by atoms with Gasteiger partial charge in [-0.15, -0.1) is 0 Å². The molecule has 0 aromatic rings. The number of nitrogens with zero attached hydrogens (tertiary/aromatic N) is 1. The molecule has 2 fully saturated rings. The molecule has 2 rings (SSSR count). The van der Waals surface area contributed by atoms with Crippen LogP contribution in [0.5, 0.6) is 0 Å². The number of carbonyl (C=O) groups is 2. The molecule has 1 saturated carbocycles. The van der Waals surface area contributed by atoms with Crippen molar-refractivity contribution in [2.24, 2.45) is 11.8 Å². The maximum Gasteiger partial charge on any atom is 0.225 e.